The van der Waals surface area contributed by atoms with Gasteiger partial charge in [-0.1, -0.05) is 13.8 Å². The third-order valence-corrected chi connectivity index (χ3v) is 2.10. The number of rotatable bonds is 4. The van der Waals surface area contributed by atoms with Gasteiger partial charge >= 0.3 is 0 Å². The predicted octanol–water partition coefficient (Wildman–Crippen LogP) is 2.44. The molecular formula is C10H15F2NO. The highest BCUT2D eigenvalue weighted by Gasteiger charge is 2.13. The zero-order valence-corrected chi connectivity index (χ0v) is 8.32. The first kappa shape index (κ1) is 11.2. The maximum absolute atomic E-state index is 12.0. The standard InChI is InChI=1S/C10H15F2NO/c1-7(2)10(14)8-3-4-13(5-8)6-9(11)12/h3-5,7,9-10,14H,6H2,1-2H3. The maximum Gasteiger partial charge on any atom is 0.256 e. The van der Waals surface area contributed by atoms with Gasteiger partial charge in [0.1, 0.15) is 0 Å². The van der Waals surface area contributed by atoms with Crippen molar-refractivity contribution in [2.75, 3.05) is 0 Å². The molecule has 80 valence electrons. The molecule has 2 nitrogen and oxygen atoms in total. The number of hydrogen-bond donors (Lipinski definition) is 1. The molecule has 14 heavy (non-hydrogen) atoms. The van der Waals surface area contributed by atoms with Crippen LogP contribution in [-0.4, -0.2) is 16.1 Å². The molecule has 1 heterocycles. The number of hydrogen-bond acceptors (Lipinski definition) is 1. The molecule has 1 unspecified atom stereocenters. The molecule has 1 aromatic heterocycles. The van der Waals surface area contributed by atoms with E-state index in [-0.39, 0.29) is 12.5 Å². The fourth-order valence-electron chi connectivity index (χ4n) is 1.29. The topological polar surface area (TPSA) is 25.2 Å². The highest BCUT2D eigenvalue weighted by atomic mass is 19.3. The van der Waals surface area contributed by atoms with Crippen molar-refractivity contribution in [3.63, 3.8) is 0 Å². The molecular weight excluding hydrogens is 188 g/mol. The minimum Gasteiger partial charge on any atom is -0.388 e. The summed E-state index contributed by atoms with van der Waals surface area (Å²) in [4.78, 5) is 0. The monoisotopic (exact) mass is 203 g/mol. The van der Waals surface area contributed by atoms with E-state index in [0.29, 0.717) is 5.56 Å². The van der Waals surface area contributed by atoms with Gasteiger partial charge in [-0.3, -0.25) is 0 Å². The van der Waals surface area contributed by atoms with E-state index in [1.165, 1.54) is 4.57 Å². The summed E-state index contributed by atoms with van der Waals surface area (Å²) in [6, 6.07) is 1.67. The average Bonchev–Trinajstić information content (AvgIpc) is 2.50. The van der Waals surface area contributed by atoms with Crippen LogP contribution in [0, 0.1) is 5.92 Å². The summed E-state index contributed by atoms with van der Waals surface area (Å²) >= 11 is 0. The molecule has 0 radical (unpaired) electrons. The first-order chi connectivity index (χ1) is 6.50. The first-order valence-corrected chi connectivity index (χ1v) is 4.62. The summed E-state index contributed by atoms with van der Waals surface area (Å²) in [6.07, 6.45) is 0.199. The van der Waals surface area contributed by atoms with Crippen molar-refractivity contribution in [2.45, 2.75) is 32.9 Å². The van der Waals surface area contributed by atoms with E-state index in [4.69, 9.17) is 0 Å². The van der Waals surface area contributed by atoms with Crippen LogP contribution in [0.3, 0.4) is 0 Å². The first-order valence-electron chi connectivity index (χ1n) is 4.62. The molecule has 0 amide bonds. The lowest BCUT2D eigenvalue weighted by Crippen LogP contribution is -2.06. The Balaban J connectivity index is 2.67. The van der Waals surface area contributed by atoms with Gasteiger partial charge in [-0.25, -0.2) is 8.78 Å². The van der Waals surface area contributed by atoms with Gasteiger partial charge in [0.2, 0.25) is 0 Å². The van der Waals surface area contributed by atoms with Crippen LogP contribution in [0.5, 0.6) is 0 Å². The van der Waals surface area contributed by atoms with Crippen molar-refractivity contribution < 1.29 is 13.9 Å². The summed E-state index contributed by atoms with van der Waals surface area (Å²) in [5, 5.41) is 9.64. The Labute approximate surface area is 82.2 Å². The Hall–Kier alpha value is -0.900. The molecule has 0 spiro atoms. The molecule has 0 fully saturated rings. The van der Waals surface area contributed by atoms with Gasteiger partial charge in [-0.15, -0.1) is 0 Å². The van der Waals surface area contributed by atoms with Crippen LogP contribution in [0.1, 0.15) is 25.5 Å². The zero-order valence-electron chi connectivity index (χ0n) is 8.32. The smallest absolute Gasteiger partial charge is 0.256 e. The Morgan fingerprint density at radius 2 is 2.07 bits per heavy atom. The van der Waals surface area contributed by atoms with Gasteiger partial charge in [0, 0.05) is 12.4 Å². The van der Waals surface area contributed by atoms with Gasteiger partial charge in [0.15, 0.2) is 0 Å². The van der Waals surface area contributed by atoms with Crippen LogP contribution in [0.25, 0.3) is 0 Å². The fourth-order valence-corrected chi connectivity index (χ4v) is 1.29. The molecule has 1 N–H and O–H groups in total. The van der Waals surface area contributed by atoms with Crippen LogP contribution < -0.4 is 0 Å². The van der Waals surface area contributed by atoms with Gasteiger partial charge in [-0.2, -0.15) is 0 Å². The third-order valence-electron chi connectivity index (χ3n) is 2.10. The summed E-state index contributed by atoms with van der Waals surface area (Å²) < 4.78 is 25.4. The van der Waals surface area contributed by atoms with Crippen LogP contribution in [0.15, 0.2) is 18.5 Å². The number of alkyl halides is 2. The lowest BCUT2D eigenvalue weighted by atomic mass is 10.0. The van der Waals surface area contributed by atoms with E-state index in [0.717, 1.165) is 0 Å². The Bertz CT molecular complexity index is 283. The summed E-state index contributed by atoms with van der Waals surface area (Å²) in [5.41, 5.74) is 0.695. The van der Waals surface area contributed by atoms with Gasteiger partial charge in [0.05, 0.1) is 12.6 Å². The fraction of sp³-hybridized carbons (Fsp3) is 0.600. The van der Waals surface area contributed by atoms with Crippen LogP contribution in [0.4, 0.5) is 8.78 Å². The second kappa shape index (κ2) is 4.55. The molecule has 0 bridgehead atoms. The molecule has 0 aliphatic heterocycles. The van der Waals surface area contributed by atoms with Crippen molar-refractivity contribution in [1.82, 2.24) is 4.57 Å². The second-order valence-corrected chi connectivity index (χ2v) is 3.72. The molecule has 0 aromatic carbocycles. The van der Waals surface area contributed by atoms with E-state index >= 15 is 0 Å². The number of nitrogens with zero attached hydrogens (tertiary/aromatic N) is 1. The summed E-state index contributed by atoms with van der Waals surface area (Å²) in [5.74, 6) is 0.0948. The van der Waals surface area contributed by atoms with Crippen LogP contribution in [0.2, 0.25) is 0 Å². The van der Waals surface area contributed by atoms with E-state index in [2.05, 4.69) is 0 Å². The molecule has 4 heteroatoms. The highest BCUT2D eigenvalue weighted by Crippen LogP contribution is 2.21. The SMILES string of the molecule is CC(C)C(O)c1ccn(CC(F)F)c1. The summed E-state index contributed by atoms with van der Waals surface area (Å²) in [7, 11) is 0. The van der Waals surface area contributed by atoms with Crippen molar-refractivity contribution in [3.05, 3.63) is 24.0 Å². The van der Waals surface area contributed by atoms with Gasteiger partial charge in [-0.05, 0) is 17.5 Å². The normalized spacial score (nSPS) is 13.9. The number of halogens is 2. The van der Waals surface area contributed by atoms with E-state index in [1.54, 1.807) is 18.5 Å². The van der Waals surface area contributed by atoms with Crippen molar-refractivity contribution in [2.24, 2.45) is 5.92 Å². The molecule has 1 atom stereocenters. The number of aromatic nitrogens is 1. The van der Waals surface area contributed by atoms with Crippen LogP contribution in [-0.2, 0) is 6.54 Å². The van der Waals surface area contributed by atoms with E-state index in [1.807, 2.05) is 13.8 Å². The molecule has 1 aromatic rings. The minimum absolute atomic E-state index is 0.0948. The maximum atomic E-state index is 12.0. The number of aliphatic hydroxyl groups excluding tert-OH is 1. The lowest BCUT2D eigenvalue weighted by Gasteiger charge is -2.12. The molecule has 0 saturated heterocycles. The van der Waals surface area contributed by atoms with Gasteiger partial charge < -0.3 is 9.67 Å². The van der Waals surface area contributed by atoms with Crippen molar-refractivity contribution in [3.8, 4) is 0 Å². The highest BCUT2D eigenvalue weighted by molar-refractivity contribution is 5.14. The minimum atomic E-state index is -2.36. The van der Waals surface area contributed by atoms with E-state index in [9.17, 15) is 13.9 Å². The van der Waals surface area contributed by atoms with Crippen LogP contribution >= 0.6 is 0 Å². The van der Waals surface area contributed by atoms with Crippen molar-refractivity contribution >= 4 is 0 Å². The lowest BCUT2D eigenvalue weighted by molar-refractivity contribution is 0.122. The molecule has 0 saturated carbocycles. The Kier molecular flexibility index (Phi) is 3.63. The summed E-state index contributed by atoms with van der Waals surface area (Å²) in [6.45, 7) is 3.45. The largest absolute Gasteiger partial charge is 0.388 e. The molecule has 0 aliphatic rings. The Morgan fingerprint density at radius 3 is 2.57 bits per heavy atom. The van der Waals surface area contributed by atoms with Gasteiger partial charge in [0.25, 0.3) is 6.43 Å². The average molecular weight is 203 g/mol. The molecule has 0 aliphatic carbocycles. The van der Waals surface area contributed by atoms with E-state index < -0.39 is 12.5 Å². The quantitative estimate of drug-likeness (QED) is 0.798. The Morgan fingerprint density at radius 1 is 1.43 bits per heavy atom. The second-order valence-electron chi connectivity index (χ2n) is 3.72. The third kappa shape index (κ3) is 2.80. The zero-order chi connectivity index (χ0) is 10.7. The van der Waals surface area contributed by atoms with Crippen molar-refractivity contribution in [1.29, 1.82) is 0 Å². The molecule has 1 rings (SSSR count). The predicted molar refractivity (Wildman–Crippen MR) is 50.2 cm³/mol. The number of aliphatic hydroxyl groups is 1.